The summed E-state index contributed by atoms with van der Waals surface area (Å²) in [5.74, 6) is 0. The lowest BCUT2D eigenvalue weighted by molar-refractivity contribution is 0.335. The van der Waals surface area contributed by atoms with E-state index in [1.54, 1.807) is 0 Å². The Kier molecular flexibility index (Phi) is 4.18. The Morgan fingerprint density at radius 1 is 1.41 bits per heavy atom. The summed E-state index contributed by atoms with van der Waals surface area (Å²) in [5, 5.41) is 12.3. The third-order valence-corrected chi connectivity index (χ3v) is 3.31. The van der Waals surface area contributed by atoms with Crippen molar-refractivity contribution >= 4 is 0 Å². The summed E-state index contributed by atoms with van der Waals surface area (Å²) in [6.07, 6.45) is 4.72. The second kappa shape index (κ2) is 5.85. The van der Waals surface area contributed by atoms with Crippen molar-refractivity contribution in [2.75, 3.05) is 26.2 Å². The van der Waals surface area contributed by atoms with E-state index in [0.29, 0.717) is 0 Å². The van der Waals surface area contributed by atoms with E-state index in [4.69, 9.17) is 5.26 Å². The smallest absolute Gasteiger partial charge is 0.120 e. The Bertz CT molecular complexity index is 396. The van der Waals surface area contributed by atoms with E-state index >= 15 is 0 Å². The highest BCUT2D eigenvalue weighted by Gasteiger charge is 2.10. The SMILES string of the molecule is Cn1cc(CNCCN2CCCC2)cc1C#N. The molecule has 0 spiro atoms. The van der Waals surface area contributed by atoms with E-state index in [0.717, 1.165) is 25.3 Å². The molecule has 1 aromatic heterocycles. The van der Waals surface area contributed by atoms with Crippen LogP contribution in [0.3, 0.4) is 0 Å². The van der Waals surface area contributed by atoms with Gasteiger partial charge in [0.05, 0.1) is 0 Å². The number of aromatic nitrogens is 1. The maximum absolute atomic E-state index is 8.85. The molecule has 0 atom stereocenters. The van der Waals surface area contributed by atoms with Crippen LogP contribution in [0, 0.1) is 11.3 Å². The van der Waals surface area contributed by atoms with Crippen molar-refractivity contribution in [1.29, 1.82) is 5.26 Å². The first-order chi connectivity index (χ1) is 8.29. The summed E-state index contributed by atoms with van der Waals surface area (Å²) in [6, 6.07) is 4.13. The molecule has 0 bridgehead atoms. The molecule has 17 heavy (non-hydrogen) atoms. The van der Waals surface area contributed by atoms with E-state index in [1.807, 2.05) is 23.9 Å². The first kappa shape index (κ1) is 12.2. The fourth-order valence-electron chi connectivity index (χ4n) is 2.32. The third-order valence-electron chi connectivity index (χ3n) is 3.31. The van der Waals surface area contributed by atoms with Crippen LogP contribution in [-0.2, 0) is 13.6 Å². The zero-order chi connectivity index (χ0) is 12.1. The van der Waals surface area contributed by atoms with Crippen LogP contribution in [0.5, 0.6) is 0 Å². The predicted molar refractivity (Wildman–Crippen MR) is 67.5 cm³/mol. The fourth-order valence-corrected chi connectivity index (χ4v) is 2.32. The lowest BCUT2D eigenvalue weighted by atomic mass is 10.3. The number of likely N-dealkylation sites (tertiary alicyclic amines) is 1. The first-order valence-electron chi connectivity index (χ1n) is 6.28. The molecule has 4 heteroatoms. The topological polar surface area (TPSA) is 44.0 Å². The highest BCUT2D eigenvalue weighted by molar-refractivity contribution is 5.28. The van der Waals surface area contributed by atoms with Gasteiger partial charge < -0.3 is 14.8 Å². The van der Waals surface area contributed by atoms with Crippen molar-refractivity contribution in [2.24, 2.45) is 7.05 Å². The van der Waals surface area contributed by atoms with Crippen LogP contribution in [-0.4, -0.2) is 35.6 Å². The van der Waals surface area contributed by atoms with Crippen LogP contribution in [0.2, 0.25) is 0 Å². The van der Waals surface area contributed by atoms with Crippen molar-refractivity contribution in [1.82, 2.24) is 14.8 Å². The number of hydrogen-bond donors (Lipinski definition) is 1. The molecule has 1 aliphatic rings. The van der Waals surface area contributed by atoms with Crippen molar-refractivity contribution in [2.45, 2.75) is 19.4 Å². The van der Waals surface area contributed by atoms with Crippen LogP contribution in [0.4, 0.5) is 0 Å². The molecule has 1 aliphatic heterocycles. The van der Waals surface area contributed by atoms with Gasteiger partial charge in [-0.3, -0.25) is 0 Å². The molecule has 4 nitrogen and oxygen atoms in total. The molecular weight excluding hydrogens is 212 g/mol. The summed E-state index contributed by atoms with van der Waals surface area (Å²) < 4.78 is 1.87. The second-order valence-electron chi connectivity index (χ2n) is 4.68. The van der Waals surface area contributed by atoms with Gasteiger partial charge in [0.15, 0.2) is 0 Å². The van der Waals surface area contributed by atoms with Gasteiger partial charge in [-0.05, 0) is 37.6 Å². The molecule has 2 heterocycles. The average molecular weight is 232 g/mol. The molecular formula is C13H20N4. The Hall–Kier alpha value is -1.31. The number of hydrogen-bond acceptors (Lipinski definition) is 3. The Balaban J connectivity index is 1.69. The van der Waals surface area contributed by atoms with Crippen molar-refractivity contribution in [3.8, 4) is 6.07 Å². The minimum Gasteiger partial charge on any atom is -0.342 e. The number of nitrogens with one attached hydrogen (secondary N) is 1. The molecule has 1 fully saturated rings. The lowest BCUT2D eigenvalue weighted by Crippen LogP contribution is -2.29. The highest BCUT2D eigenvalue weighted by atomic mass is 15.1. The fraction of sp³-hybridized carbons (Fsp3) is 0.615. The van der Waals surface area contributed by atoms with E-state index in [2.05, 4.69) is 16.3 Å². The molecule has 1 saturated heterocycles. The molecule has 0 aromatic carbocycles. The maximum atomic E-state index is 8.85. The molecule has 0 aliphatic carbocycles. The number of rotatable bonds is 5. The van der Waals surface area contributed by atoms with Crippen LogP contribution < -0.4 is 5.32 Å². The van der Waals surface area contributed by atoms with E-state index in [-0.39, 0.29) is 0 Å². The van der Waals surface area contributed by atoms with Crippen molar-refractivity contribution in [3.05, 3.63) is 23.5 Å². The Labute approximate surface area is 103 Å². The molecule has 1 aromatic rings. The summed E-state index contributed by atoms with van der Waals surface area (Å²) in [6.45, 7) is 5.52. The van der Waals surface area contributed by atoms with Crippen molar-refractivity contribution in [3.63, 3.8) is 0 Å². The number of aryl methyl sites for hydroxylation is 1. The summed E-state index contributed by atoms with van der Waals surface area (Å²) in [5.41, 5.74) is 1.91. The second-order valence-corrected chi connectivity index (χ2v) is 4.68. The van der Waals surface area contributed by atoms with E-state index < -0.39 is 0 Å². The van der Waals surface area contributed by atoms with Crippen molar-refractivity contribution < 1.29 is 0 Å². The zero-order valence-electron chi connectivity index (χ0n) is 10.4. The molecule has 0 saturated carbocycles. The van der Waals surface area contributed by atoms with Crippen LogP contribution in [0.15, 0.2) is 12.3 Å². The minimum absolute atomic E-state index is 0.723. The van der Waals surface area contributed by atoms with Gasteiger partial charge in [-0.25, -0.2) is 0 Å². The lowest BCUT2D eigenvalue weighted by Gasteiger charge is -2.14. The summed E-state index contributed by atoms with van der Waals surface area (Å²) >= 11 is 0. The van der Waals surface area contributed by atoms with Gasteiger partial charge in [0.2, 0.25) is 0 Å². The van der Waals surface area contributed by atoms with Gasteiger partial charge in [0.25, 0.3) is 0 Å². The normalized spacial score (nSPS) is 16.2. The maximum Gasteiger partial charge on any atom is 0.120 e. The van der Waals surface area contributed by atoms with Crippen LogP contribution in [0.1, 0.15) is 24.1 Å². The number of nitrogens with zero attached hydrogens (tertiary/aromatic N) is 3. The van der Waals surface area contributed by atoms with Gasteiger partial charge in [-0.2, -0.15) is 5.26 Å². The molecule has 92 valence electrons. The summed E-state index contributed by atoms with van der Waals surface area (Å²) in [4.78, 5) is 2.50. The molecule has 1 N–H and O–H groups in total. The van der Waals surface area contributed by atoms with Gasteiger partial charge in [-0.15, -0.1) is 0 Å². The molecule has 2 rings (SSSR count). The van der Waals surface area contributed by atoms with Gasteiger partial charge in [0.1, 0.15) is 11.8 Å². The molecule has 0 unspecified atom stereocenters. The predicted octanol–water partition coefficient (Wildman–Crippen LogP) is 1.08. The average Bonchev–Trinajstić information content (AvgIpc) is 2.94. The Morgan fingerprint density at radius 2 is 2.18 bits per heavy atom. The van der Waals surface area contributed by atoms with Gasteiger partial charge in [0, 0.05) is 32.9 Å². The molecule has 0 radical (unpaired) electrons. The summed E-state index contributed by atoms with van der Waals surface area (Å²) in [7, 11) is 1.91. The third kappa shape index (κ3) is 3.32. The van der Waals surface area contributed by atoms with Crippen LogP contribution in [0.25, 0.3) is 0 Å². The monoisotopic (exact) mass is 232 g/mol. The van der Waals surface area contributed by atoms with Crippen LogP contribution >= 0.6 is 0 Å². The van der Waals surface area contributed by atoms with E-state index in [1.165, 1.54) is 31.5 Å². The largest absolute Gasteiger partial charge is 0.342 e. The minimum atomic E-state index is 0.723. The van der Waals surface area contributed by atoms with Gasteiger partial charge >= 0.3 is 0 Å². The van der Waals surface area contributed by atoms with E-state index in [9.17, 15) is 0 Å². The van der Waals surface area contributed by atoms with Gasteiger partial charge in [-0.1, -0.05) is 0 Å². The first-order valence-corrected chi connectivity index (χ1v) is 6.28. The molecule has 0 amide bonds. The highest BCUT2D eigenvalue weighted by Crippen LogP contribution is 2.07. The quantitative estimate of drug-likeness (QED) is 0.773. The zero-order valence-corrected chi connectivity index (χ0v) is 10.4. The standard InChI is InChI=1S/C13H20N4/c1-16-11-12(8-13(16)9-14)10-15-4-7-17-5-2-3-6-17/h8,11,15H,2-7,10H2,1H3. The Morgan fingerprint density at radius 3 is 2.82 bits per heavy atom. The number of nitriles is 1.